The number of aliphatic hydroxyl groups is 1. The lowest BCUT2D eigenvalue weighted by atomic mass is 10.1. The quantitative estimate of drug-likeness (QED) is 0.617. The minimum Gasteiger partial charge on any atom is -0.391 e. The summed E-state index contributed by atoms with van der Waals surface area (Å²) in [5, 5.41) is 9.08. The summed E-state index contributed by atoms with van der Waals surface area (Å²) < 4.78 is 10.3. The average molecular weight is 146 g/mol. The third kappa shape index (κ3) is 1.68. The summed E-state index contributed by atoms with van der Waals surface area (Å²) in [6.45, 7) is 1.74. The van der Waals surface area contributed by atoms with Crippen molar-refractivity contribution in [1.82, 2.24) is 0 Å². The standard InChI is InChI=1S/C7H14O3/c1-5(8)6-3-4-7(9-2)10-6/h5-8H,3-4H2,1-2H3. The van der Waals surface area contributed by atoms with Crippen molar-refractivity contribution in [3.05, 3.63) is 0 Å². The van der Waals surface area contributed by atoms with Crippen LogP contribution in [0.15, 0.2) is 0 Å². The Kier molecular flexibility index (Phi) is 2.65. The van der Waals surface area contributed by atoms with E-state index in [-0.39, 0.29) is 18.5 Å². The summed E-state index contributed by atoms with van der Waals surface area (Å²) in [5.74, 6) is 0. The first-order valence-electron chi connectivity index (χ1n) is 3.60. The summed E-state index contributed by atoms with van der Waals surface area (Å²) in [6.07, 6.45) is 1.30. The number of hydrogen-bond acceptors (Lipinski definition) is 3. The molecule has 10 heavy (non-hydrogen) atoms. The van der Waals surface area contributed by atoms with Crippen LogP contribution in [0.4, 0.5) is 0 Å². The van der Waals surface area contributed by atoms with Gasteiger partial charge in [-0.05, 0) is 13.3 Å². The van der Waals surface area contributed by atoms with Crippen LogP contribution >= 0.6 is 0 Å². The predicted octanol–water partition coefficient (Wildman–Crippen LogP) is 0.519. The summed E-state index contributed by atoms with van der Waals surface area (Å²) >= 11 is 0. The summed E-state index contributed by atoms with van der Waals surface area (Å²) in [7, 11) is 1.62. The molecule has 3 unspecified atom stereocenters. The van der Waals surface area contributed by atoms with Crippen LogP contribution in [0.5, 0.6) is 0 Å². The SMILES string of the molecule is COC1CCC(C(C)O)O1. The summed E-state index contributed by atoms with van der Waals surface area (Å²) in [5.41, 5.74) is 0. The van der Waals surface area contributed by atoms with Crippen LogP contribution in [-0.2, 0) is 9.47 Å². The minimum absolute atomic E-state index is 0.0232. The Hall–Kier alpha value is -0.120. The third-order valence-corrected chi connectivity index (χ3v) is 1.81. The minimum atomic E-state index is -0.375. The van der Waals surface area contributed by atoms with Crippen molar-refractivity contribution < 1.29 is 14.6 Å². The largest absolute Gasteiger partial charge is 0.391 e. The second-order valence-corrected chi connectivity index (χ2v) is 2.66. The highest BCUT2D eigenvalue weighted by atomic mass is 16.7. The fourth-order valence-electron chi connectivity index (χ4n) is 1.16. The van der Waals surface area contributed by atoms with E-state index in [2.05, 4.69) is 0 Å². The normalized spacial score (nSPS) is 36.3. The van der Waals surface area contributed by atoms with Crippen molar-refractivity contribution in [3.8, 4) is 0 Å². The van der Waals surface area contributed by atoms with Crippen molar-refractivity contribution in [2.24, 2.45) is 0 Å². The molecule has 3 nitrogen and oxygen atoms in total. The van der Waals surface area contributed by atoms with Gasteiger partial charge in [-0.1, -0.05) is 0 Å². The predicted molar refractivity (Wildman–Crippen MR) is 36.6 cm³/mol. The van der Waals surface area contributed by atoms with E-state index in [0.717, 1.165) is 12.8 Å². The third-order valence-electron chi connectivity index (χ3n) is 1.81. The monoisotopic (exact) mass is 146 g/mol. The van der Waals surface area contributed by atoms with E-state index in [1.807, 2.05) is 0 Å². The first-order valence-corrected chi connectivity index (χ1v) is 3.60. The Balaban J connectivity index is 2.28. The molecule has 0 aromatic carbocycles. The van der Waals surface area contributed by atoms with Crippen molar-refractivity contribution >= 4 is 0 Å². The topological polar surface area (TPSA) is 38.7 Å². The zero-order valence-electron chi connectivity index (χ0n) is 6.41. The lowest BCUT2D eigenvalue weighted by Crippen LogP contribution is -2.23. The van der Waals surface area contributed by atoms with E-state index >= 15 is 0 Å². The molecule has 3 heteroatoms. The smallest absolute Gasteiger partial charge is 0.157 e. The van der Waals surface area contributed by atoms with Crippen LogP contribution in [0.2, 0.25) is 0 Å². The lowest BCUT2D eigenvalue weighted by molar-refractivity contribution is -0.135. The molecule has 1 aliphatic heterocycles. The Morgan fingerprint density at radius 3 is 2.60 bits per heavy atom. The van der Waals surface area contributed by atoms with E-state index in [1.165, 1.54) is 0 Å². The van der Waals surface area contributed by atoms with Crippen molar-refractivity contribution in [2.75, 3.05) is 7.11 Å². The van der Waals surface area contributed by atoms with Gasteiger partial charge < -0.3 is 14.6 Å². The van der Waals surface area contributed by atoms with Crippen LogP contribution in [0.3, 0.4) is 0 Å². The highest BCUT2D eigenvalue weighted by Gasteiger charge is 2.27. The van der Waals surface area contributed by atoms with Gasteiger partial charge in [0.1, 0.15) is 0 Å². The second-order valence-electron chi connectivity index (χ2n) is 2.66. The Morgan fingerprint density at radius 2 is 2.30 bits per heavy atom. The average Bonchev–Trinajstić information content (AvgIpc) is 2.34. The molecule has 0 bridgehead atoms. The molecule has 1 aliphatic rings. The van der Waals surface area contributed by atoms with Gasteiger partial charge in [-0.15, -0.1) is 0 Å². The maximum atomic E-state index is 9.08. The van der Waals surface area contributed by atoms with Crippen LogP contribution in [-0.4, -0.2) is 30.7 Å². The van der Waals surface area contributed by atoms with Gasteiger partial charge in [-0.2, -0.15) is 0 Å². The molecule has 1 fully saturated rings. The fourth-order valence-corrected chi connectivity index (χ4v) is 1.16. The second kappa shape index (κ2) is 3.32. The zero-order valence-corrected chi connectivity index (χ0v) is 6.41. The molecule has 0 aliphatic carbocycles. The number of rotatable bonds is 2. The Bertz CT molecular complexity index is 103. The number of methoxy groups -OCH3 is 1. The highest BCUT2D eigenvalue weighted by Crippen LogP contribution is 2.21. The van der Waals surface area contributed by atoms with E-state index in [9.17, 15) is 0 Å². The molecule has 0 aromatic rings. The fraction of sp³-hybridized carbons (Fsp3) is 1.00. The molecule has 1 N–H and O–H groups in total. The Morgan fingerprint density at radius 1 is 1.60 bits per heavy atom. The molecule has 0 radical (unpaired) electrons. The molecule has 1 saturated heterocycles. The van der Waals surface area contributed by atoms with Crippen LogP contribution in [0, 0.1) is 0 Å². The van der Waals surface area contributed by atoms with Gasteiger partial charge in [0.25, 0.3) is 0 Å². The first-order chi connectivity index (χ1) is 4.74. The van der Waals surface area contributed by atoms with Crippen LogP contribution < -0.4 is 0 Å². The van der Waals surface area contributed by atoms with Crippen LogP contribution in [0.1, 0.15) is 19.8 Å². The number of aliphatic hydroxyl groups excluding tert-OH is 1. The first kappa shape index (κ1) is 7.98. The van der Waals surface area contributed by atoms with Gasteiger partial charge in [-0.3, -0.25) is 0 Å². The number of ether oxygens (including phenoxy) is 2. The molecule has 1 rings (SSSR count). The molecule has 3 atom stereocenters. The molecular formula is C7H14O3. The van der Waals surface area contributed by atoms with Crippen LogP contribution in [0.25, 0.3) is 0 Å². The van der Waals surface area contributed by atoms with Gasteiger partial charge in [0, 0.05) is 13.5 Å². The molecule has 60 valence electrons. The molecule has 0 spiro atoms. The van der Waals surface area contributed by atoms with Gasteiger partial charge in [-0.25, -0.2) is 0 Å². The van der Waals surface area contributed by atoms with E-state index in [0.29, 0.717) is 0 Å². The Labute approximate surface area is 60.9 Å². The van der Waals surface area contributed by atoms with Gasteiger partial charge in [0.15, 0.2) is 6.29 Å². The van der Waals surface area contributed by atoms with Crippen molar-refractivity contribution in [3.63, 3.8) is 0 Å². The number of hydrogen-bond donors (Lipinski definition) is 1. The van der Waals surface area contributed by atoms with Crippen molar-refractivity contribution in [1.29, 1.82) is 0 Å². The maximum Gasteiger partial charge on any atom is 0.157 e. The lowest BCUT2D eigenvalue weighted by Gasteiger charge is -2.14. The summed E-state index contributed by atoms with van der Waals surface area (Å²) in [4.78, 5) is 0. The zero-order chi connectivity index (χ0) is 7.56. The van der Waals surface area contributed by atoms with E-state index < -0.39 is 0 Å². The highest BCUT2D eigenvalue weighted by molar-refractivity contribution is 4.72. The van der Waals surface area contributed by atoms with E-state index in [4.69, 9.17) is 14.6 Å². The molecule has 0 aromatic heterocycles. The molecule has 0 amide bonds. The molecular weight excluding hydrogens is 132 g/mol. The summed E-state index contributed by atoms with van der Waals surface area (Å²) in [6, 6.07) is 0. The molecule has 0 saturated carbocycles. The van der Waals surface area contributed by atoms with Gasteiger partial charge in [0.05, 0.1) is 12.2 Å². The van der Waals surface area contributed by atoms with Crippen molar-refractivity contribution in [2.45, 2.75) is 38.3 Å². The maximum absolute atomic E-state index is 9.08. The molecule has 1 heterocycles. The van der Waals surface area contributed by atoms with Gasteiger partial charge >= 0.3 is 0 Å². The van der Waals surface area contributed by atoms with Gasteiger partial charge in [0.2, 0.25) is 0 Å². The van der Waals surface area contributed by atoms with E-state index in [1.54, 1.807) is 14.0 Å².